The molecule has 1 fully saturated rings. The van der Waals surface area contributed by atoms with E-state index in [2.05, 4.69) is 31.1 Å². The van der Waals surface area contributed by atoms with E-state index in [-0.39, 0.29) is 5.91 Å². The average molecular weight is 255 g/mol. The van der Waals surface area contributed by atoms with Gasteiger partial charge in [-0.2, -0.15) is 0 Å². The molecule has 1 rings (SSSR count). The fraction of sp³-hybridized carbons (Fsp3) is 0.929. The number of rotatable bonds is 7. The molecular weight excluding hydrogens is 226 g/mol. The van der Waals surface area contributed by atoms with Crippen molar-refractivity contribution >= 4 is 5.91 Å². The number of hydrogen-bond acceptors (Lipinski definition) is 3. The quantitative estimate of drug-likeness (QED) is 0.722. The minimum absolute atomic E-state index is 0.191. The Morgan fingerprint density at radius 1 is 1.56 bits per heavy atom. The van der Waals surface area contributed by atoms with E-state index < -0.39 is 5.54 Å². The summed E-state index contributed by atoms with van der Waals surface area (Å²) >= 11 is 0. The lowest BCUT2D eigenvalue weighted by Crippen LogP contribution is -2.54. The van der Waals surface area contributed by atoms with Crippen molar-refractivity contribution in [2.24, 2.45) is 11.7 Å². The van der Waals surface area contributed by atoms with E-state index in [9.17, 15) is 4.79 Å². The lowest BCUT2D eigenvalue weighted by molar-refractivity contribution is -0.124. The monoisotopic (exact) mass is 255 g/mol. The summed E-state index contributed by atoms with van der Waals surface area (Å²) in [6.07, 6.45) is 3.99. The molecule has 0 heterocycles. The van der Waals surface area contributed by atoms with Gasteiger partial charge in [-0.15, -0.1) is 0 Å². The van der Waals surface area contributed by atoms with Gasteiger partial charge in [-0.25, -0.2) is 0 Å². The minimum atomic E-state index is -0.467. The van der Waals surface area contributed by atoms with Gasteiger partial charge in [0.25, 0.3) is 0 Å². The molecular formula is C14H29N3O. The topological polar surface area (TPSA) is 58.4 Å². The van der Waals surface area contributed by atoms with Crippen molar-refractivity contribution < 1.29 is 4.79 Å². The van der Waals surface area contributed by atoms with Crippen molar-refractivity contribution in [3.05, 3.63) is 0 Å². The van der Waals surface area contributed by atoms with Crippen LogP contribution in [0.1, 0.15) is 46.5 Å². The highest BCUT2D eigenvalue weighted by Gasteiger charge is 2.44. The molecule has 1 amide bonds. The Morgan fingerprint density at radius 3 is 2.72 bits per heavy atom. The number of nitrogens with two attached hydrogens (primary N) is 1. The number of carbonyl (C=O) groups is 1. The summed E-state index contributed by atoms with van der Waals surface area (Å²) in [7, 11) is 2.16. The van der Waals surface area contributed by atoms with E-state index in [4.69, 9.17) is 5.73 Å². The first-order valence-electron chi connectivity index (χ1n) is 7.16. The summed E-state index contributed by atoms with van der Waals surface area (Å²) in [6.45, 7) is 8.42. The van der Waals surface area contributed by atoms with Crippen LogP contribution in [0.4, 0.5) is 0 Å². The van der Waals surface area contributed by atoms with Crippen LogP contribution >= 0.6 is 0 Å². The van der Waals surface area contributed by atoms with Crippen molar-refractivity contribution in [3.63, 3.8) is 0 Å². The zero-order valence-electron chi connectivity index (χ0n) is 12.3. The van der Waals surface area contributed by atoms with Crippen LogP contribution in [0.5, 0.6) is 0 Å². The molecule has 0 saturated heterocycles. The van der Waals surface area contributed by atoms with Crippen LogP contribution in [0.25, 0.3) is 0 Å². The third-order valence-electron chi connectivity index (χ3n) is 4.16. The third-order valence-corrected chi connectivity index (χ3v) is 4.16. The summed E-state index contributed by atoms with van der Waals surface area (Å²) in [5, 5.41) is 3.31. The second kappa shape index (κ2) is 6.53. The number of primary amides is 1. The van der Waals surface area contributed by atoms with Crippen LogP contribution in [0.3, 0.4) is 0 Å². The molecule has 1 saturated carbocycles. The standard InChI is InChI=1S/C14H29N3O/c1-5-16-14(13(15)18)8-6-12(10-14)17(4)9-7-11(2)3/h11-12,16H,5-10H2,1-4H3,(H2,15,18). The first kappa shape index (κ1) is 15.4. The van der Waals surface area contributed by atoms with Gasteiger partial charge in [0.15, 0.2) is 0 Å². The Balaban J connectivity index is 2.55. The molecule has 18 heavy (non-hydrogen) atoms. The van der Waals surface area contributed by atoms with Gasteiger partial charge in [0.05, 0.1) is 5.54 Å². The van der Waals surface area contributed by atoms with Gasteiger partial charge in [-0.1, -0.05) is 20.8 Å². The normalized spacial score (nSPS) is 28.2. The molecule has 0 aromatic heterocycles. The predicted octanol–water partition coefficient (Wildman–Crippen LogP) is 1.35. The van der Waals surface area contributed by atoms with Gasteiger partial charge in [0.2, 0.25) is 5.91 Å². The fourth-order valence-corrected chi connectivity index (χ4v) is 2.85. The van der Waals surface area contributed by atoms with Crippen LogP contribution in [0, 0.1) is 5.92 Å². The Hall–Kier alpha value is -0.610. The average Bonchev–Trinajstić information content (AvgIpc) is 2.72. The second-order valence-electron chi connectivity index (χ2n) is 6.04. The first-order chi connectivity index (χ1) is 8.41. The molecule has 106 valence electrons. The van der Waals surface area contributed by atoms with E-state index in [1.165, 1.54) is 6.42 Å². The van der Waals surface area contributed by atoms with E-state index in [1.54, 1.807) is 0 Å². The molecule has 1 aliphatic rings. The smallest absolute Gasteiger partial charge is 0.237 e. The number of likely N-dealkylation sites (N-methyl/N-ethyl adjacent to an activating group) is 1. The summed E-state index contributed by atoms with van der Waals surface area (Å²) in [6, 6.07) is 0.482. The maximum absolute atomic E-state index is 11.7. The van der Waals surface area contributed by atoms with E-state index in [0.717, 1.165) is 38.3 Å². The number of hydrogen-bond donors (Lipinski definition) is 2. The first-order valence-corrected chi connectivity index (χ1v) is 7.16. The summed E-state index contributed by atoms with van der Waals surface area (Å²) < 4.78 is 0. The van der Waals surface area contributed by atoms with Gasteiger partial charge in [-0.3, -0.25) is 4.79 Å². The van der Waals surface area contributed by atoms with Gasteiger partial charge >= 0.3 is 0 Å². The van der Waals surface area contributed by atoms with Gasteiger partial charge in [0, 0.05) is 6.04 Å². The molecule has 0 aromatic carbocycles. The van der Waals surface area contributed by atoms with Gasteiger partial charge in [0.1, 0.15) is 0 Å². The summed E-state index contributed by atoms with van der Waals surface area (Å²) in [5.74, 6) is 0.535. The van der Waals surface area contributed by atoms with Crippen molar-refractivity contribution in [1.29, 1.82) is 0 Å². The highest BCUT2D eigenvalue weighted by Crippen LogP contribution is 2.32. The molecule has 1 aliphatic carbocycles. The van der Waals surface area contributed by atoms with Crippen LogP contribution in [0.2, 0.25) is 0 Å². The molecule has 0 spiro atoms. The van der Waals surface area contributed by atoms with E-state index >= 15 is 0 Å². The maximum atomic E-state index is 11.7. The summed E-state index contributed by atoms with van der Waals surface area (Å²) in [5.41, 5.74) is 5.12. The Morgan fingerprint density at radius 2 is 2.22 bits per heavy atom. The molecule has 0 aromatic rings. The molecule has 4 heteroatoms. The third kappa shape index (κ3) is 3.69. The second-order valence-corrected chi connectivity index (χ2v) is 6.04. The van der Waals surface area contributed by atoms with Crippen LogP contribution < -0.4 is 11.1 Å². The van der Waals surface area contributed by atoms with Crippen molar-refractivity contribution in [3.8, 4) is 0 Å². The molecule has 2 atom stereocenters. The Kier molecular flexibility index (Phi) is 5.60. The zero-order chi connectivity index (χ0) is 13.8. The molecule has 4 nitrogen and oxygen atoms in total. The van der Waals surface area contributed by atoms with Crippen molar-refractivity contribution in [2.45, 2.75) is 58.0 Å². The Bertz CT molecular complexity index is 280. The number of amides is 1. The lowest BCUT2D eigenvalue weighted by Gasteiger charge is -2.29. The highest BCUT2D eigenvalue weighted by atomic mass is 16.1. The highest BCUT2D eigenvalue weighted by molar-refractivity contribution is 5.85. The maximum Gasteiger partial charge on any atom is 0.237 e. The lowest BCUT2D eigenvalue weighted by atomic mass is 9.96. The van der Waals surface area contributed by atoms with Crippen LogP contribution in [0.15, 0.2) is 0 Å². The van der Waals surface area contributed by atoms with Crippen molar-refractivity contribution in [1.82, 2.24) is 10.2 Å². The van der Waals surface area contributed by atoms with Crippen molar-refractivity contribution in [2.75, 3.05) is 20.1 Å². The Labute approximate surface area is 111 Å². The van der Waals surface area contributed by atoms with E-state index in [1.807, 2.05) is 6.92 Å². The predicted molar refractivity (Wildman–Crippen MR) is 75.3 cm³/mol. The van der Waals surface area contributed by atoms with Gasteiger partial charge < -0.3 is 16.0 Å². The number of nitrogens with zero attached hydrogens (tertiary/aromatic N) is 1. The molecule has 0 aliphatic heterocycles. The van der Waals surface area contributed by atoms with Gasteiger partial charge in [-0.05, 0) is 51.7 Å². The molecule has 0 bridgehead atoms. The van der Waals surface area contributed by atoms with Crippen LogP contribution in [-0.2, 0) is 4.79 Å². The minimum Gasteiger partial charge on any atom is -0.368 e. The molecule has 0 radical (unpaired) electrons. The largest absolute Gasteiger partial charge is 0.368 e. The number of carbonyl (C=O) groups excluding carboxylic acids is 1. The SMILES string of the molecule is CCNC1(C(N)=O)CCC(N(C)CCC(C)C)C1. The van der Waals surface area contributed by atoms with E-state index in [0.29, 0.717) is 6.04 Å². The zero-order valence-corrected chi connectivity index (χ0v) is 12.3. The summed E-state index contributed by atoms with van der Waals surface area (Å²) in [4.78, 5) is 14.1. The molecule has 2 unspecified atom stereocenters. The fourth-order valence-electron chi connectivity index (χ4n) is 2.85. The van der Waals surface area contributed by atoms with Crippen LogP contribution in [-0.4, -0.2) is 42.5 Å². The molecule has 3 N–H and O–H groups in total. The number of nitrogens with one attached hydrogen (secondary N) is 1.